The van der Waals surface area contributed by atoms with E-state index in [2.05, 4.69) is 6.58 Å². The van der Waals surface area contributed by atoms with E-state index in [0.717, 1.165) is 21.0 Å². The summed E-state index contributed by atoms with van der Waals surface area (Å²) in [5, 5.41) is 21.9. The van der Waals surface area contributed by atoms with Gasteiger partial charge in [-0.15, -0.1) is 0 Å². The van der Waals surface area contributed by atoms with Crippen LogP contribution in [-0.4, -0.2) is 83.4 Å². The van der Waals surface area contributed by atoms with Crippen molar-refractivity contribution in [2.45, 2.75) is 69.9 Å². The normalized spacial score (nSPS) is 36.1. The summed E-state index contributed by atoms with van der Waals surface area (Å²) in [7, 11) is 1.11. The molecule has 2 saturated heterocycles. The molecule has 0 aromatic heterocycles. The molecule has 186 valence electrons. The predicted molar refractivity (Wildman–Crippen MR) is 113 cm³/mol. The summed E-state index contributed by atoms with van der Waals surface area (Å²) >= 11 is 0. The van der Waals surface area contributed by atoms with Crippen molar-refractivity contribution >= 4 is 23.9 Å². The number of carbonyl (C=O) groups excluding carboxylic acids is 4. The third kappa shape index (κ3) is 4.77. The van der Waals surface area contributed by atoms with E-state index < -0.39 is 72.0 Å². The van der Waals surface area contributed by atoms with Crippen LogP contribution in [0.25, 0.3) is 0 Å². The molecule has 0 radical (unpaired) electrons. The van der Waals surface area contributed by atoms with E-state index in [9.17, 15) is 29.4 Å². The molecule has 11 heteroatoms. The van der Waals surface area contributed by atoms with Gasteiger partial charge < -0.3 is 33.9 Å². The van der Waals surface area contributed by atoms with Crippen molar-refractivity contribution in [2.75, 3.05) is 7.11 Å². The molecule has 0 aromatic rings. The van der Waals surface area contributed by atoms with E-state index in [4.69, 9.17) is 23.7 Å². The molecule has 3 rings (SSSR count). The molecule has 34 heavy (non-hydrogen) atoms. The minimum absolute atomic E-state index is 0.100. The molecule has 0 unspecified atom stereocenters. The second-order valence-electron chi connectivity index (χ2n) is 8.68. The minimum Gasteiger partial charge on any atom is -0.466 e. The first-order valence-electron chi connectivity index (χ1n) is 10.6. The molecule has 1 aliphatic carbocycles. The van der Waals surface area contributed by atoms with Crippen molar-refractivity contribution in [1.82, 2.24) is 0 Å². The van der Waals surface area contributed by atoms with Crippen LogP contribution in [-0.2, 0) is 42.9 Å². The highest BCUT2D eigenvalue weighted by molar-refractivity contribution is 5.92. The molecule has 0 spiro atoms. The van der Waals surface area contributed by atoms with Gasteiger partial charge in [0.15, 0.2) is 5.60 Å². The maximum atomic E-state index is 13.0. The van der Waals surface area contributed by atoms with Gasteiger partial charge in [-0.3, -0.25) is 4.79 Å². The molecule has 8 atom stereocenters. The van der Waals surface area contributed by atoms with E-state index in [-0.39, 0.29) is 11.1 Å². The fourth-order valence-electron chi connectivity index (χ4n) is 3.97. The lowest BCUT2D eigenvalue weighted by molar-refractivity contribution is -0.193. The smallest absolute Gasteiger partial charge is 0.342 e. The van der Waals surface area contributed by atoms with Gasteiger partial charge in [0.05, 0.1) is 18.6 Å². The maximum absolute atomic E-state index is 13.0. The highest BCUT2D eigenvalue weighted by Gasteiger charge is 2.53. The van der Waals surface area contributed by atoms with Crippen molar-refractivity contribution in [1.29, 1.82) is 0 Å². The van der Waals surface area contributed by atoms with E-state index in [1.54, 1.807) is 13.0 Å². The van der Waals surface area contributed by atoms with Gasteiger partial charge in [-0.2, -0.15) is 0 Å². The molecule has 3 aliphatic rings. The Labute approximate surface area is 195 Å². The van der Waals surface area contributed by atoms with Crippen molar-refractivity contribution < 1.29 is 53.1 Å². The quantitative estimate of drug-likeness (QED) is 0.178. The number of aliphatic hydroxyl groups excluding tert-OH is 1. The summed E-state index contributed by atoms with van der Waals surface area (Å²) < 4.78 is 26.1. The number of ether oxygens (including phenoxy) is 5. The highest BCUT2D eigenvalue weighted by atomic mass is 16.6. The first kappa shape index (κ1) is 25.6. The van der Waals surface area contributed by atoms with E-state index in [0.29, 0.717) is 5.57 Å². The fourth-order valence-corrected chi connectivity index (χ4v) is 3.97. The van der Waals surface area contributed by atoms with E-state index in [1.807, 2.05) is 0 Å². The Bertz CT molecular complexity index is 975. The molecule has 0 amide bonds. The zero-order valence-corrected chi connectivity index (χ0v) is 19.5. The molecule has 0 saturated carbocycles. The topological polar surface area (TPSA) is 158 Å². The summed E-state index contributed by atoms with van der Waals surface area (Å²) in [5.41, 5.74) is -2.00. The molecule has 11 nitrogen and oxygen atoms in total. The van der Waals surface area contributed by atoms with Crippen LogP contribution in [0.1, 0.15) is 27.7 Å². The zero-order valence-electron chi connectivity index (χ0n) is 19.5. The standard InChI is InChI=1S/C23H28O11/c1-9-7-14-16(10(2)20(26)33-14)19(34-22(28)23(5,29)11(3)31-12(4)24)17(25)13(21(27)30-6)8-15-18(9)32-15/h7-8,11,14-19,25,29H,2H2,1,3-6H3/b9-7+,13-8+/t11-,14+,15+,16+,17-,18-,19-,23-/m0/s1. The third-order valence-electron chi connectivity index (χ3n) is 6.20. The molecule has 2 fully saturated rings. The van der Waals surface area contributed by atoms with Gasteiger partial charge in [-0.05, 0) is 38.5 Å². The van der Waals surface area contributed by atoms with Crippen LogP contribution in [0, 0.1) is 5.92 Å². The SMILES string of the molecule is C=C1C(=O)O[C@@H]2/C=C(\C)[C@@H]3O[C@@H]3/C=C(/C(=O)OC)[C@H](O)[C@@H](OC(=O)[C@@](C)(O)[C@H](C)OC(C)=O)[C@H]12. The van der Waals surface area contributed by atoms with E-state index >= 15 is 0 Å². The van der Waals surface area contributed by atoms with Crippen LogP contribution in [0.3, 0.4) is 0 Å². The Kier molecular flexibility index (Phi) is 7.02. The van der Waals surface area contributed by atoms with Crippen LogP contribution in [0.2, 0.25) is 0 Å². The second kappa shape index (κ2) is 9.32. The maximum Gasteiger partial charge on any atom is 0.342 e. The number of methoxy groups -OCH3 is 1. The van der Waals surface area contributed by atoms with Gasteiger partial charge >= 0.3 is 23.9 Å². The van der Waals surface area contributed by atoms with Crippen LogP contribution in [0.15, 0.2) is 35.5 Å². The van der Waals surface area contributed by atoms with Crippen molar-refractivity contribution in [3.63, 3.8) is 0 Å². The van der Waals surface area contributed by atoms with Crippen LogP contribution in [0.4, 0.5) is 0 Å². The number of aliphatic hydroxyl groups is 2. The van der Waals surface area contributed by atoms with Crippen molar-refractivity contribution in [2.24, 2.45) is 5.92 Å². The van der Waals surface area contributed by atoms with Crippen molar-refractivity contribution in [3.05, 3.63) is 35.5 Å². The molecule has 0 bridgehead atoms. The zero-order chi connectivity index (χ0) is 25.5. The molecule has 2 aliphatic heterocycles. The largest absolute Gasteiger partial charge is 0.466 e. The van der Waals surface area contributed by atoms with Gasteiger partial charge in [0.25, 0.3) is 0 Å². The third-order valence-corrected chi connectivity index (χ3v) is 6.20. The minimum atomic E-state index is -2.33. The summed E-state index contributed by atoms with van der Waals surface area (Å²) in [6.45, 7) is 8.92. The lowest BCUT2D eigenvalue weighted by atomic mass is 9.83. The summed E-state index contributed by atoms with van der Waals surface area (Å²) in [6.07, 6.45) is -3.69. The summed E-state index contributed by atoms with van der Waals surface area (Å²) in [4.78, 5) is 49.2. The van der Waals surface area contributed by atoms with Gasteiger partial charge in [0.2, 0.25) is 0 Å². The Morgan fingerprint density at radius 3 is 2.47 bits per heavy atom. The number of fused-ring (bicyclic) bond motifs is 2. The Hall–Kier alpha value is -3.02. The number of rotatable bonds is 5. The Morgan fingerprint density at radius 1 is 1.24 bits per heavy atom. The highest BCUT2D eigenvalue weighted by Crippen LogP contribution is 2.40. The molecule has 0 aromatic carbocycles. The Morgan fingerprint density at radius 2 is 1.88 bits per heavy atom. The van der Waals surface area contributed by atoms with E-state index in [1.165, 1.54) is 13.0 Å². The fraction of sp³-hybridized carbons (Fsp3) is 0.565. The second-order valence-corrected chi connectivity index (χ2v) is 8.68. The lowest BCUT2D eigenvalue weighted by Gasteiger charge is -2.34. The van der Waals surface area contributed by atoms with Crippen LogP contribution >= 0.6 is 0 Å². The lowest BCUT2D eigenvalue weighted by Crippen LogP contribution is -2.52. The van der Waals surface area contributed by atoms with Gasteiger partial charge in [0, 0.05) is 12.5 Å². The van der Waals surface area contributed by atoms with Crippen molar-refractivity contribution in [3.8, 4) is 0 Å². The average molecular weight is 480 g/mol. The summed E-state index contributed by atoms with van der Waals surface area (Å²) in [5.74, 6) is -4.79. The average Bonchev–Trinajstić information content (AvgIpc) is 3.48. The number of esters is 4. The summed E-state index contributed by atoms with van der Waals surface area (Å²) in [6, 6.07) is 0. The van der Waals surface area contributed by atoms with Crippen LogP contribution in [0.5, 0.6) is 0 Å². The Balaban J connectivity index is 2.05. The first-order valence-corrected chi connectivity index (χ1v) is 10.6. The van der Waals surface area contributed by atoms with Gasteiger partial charge in [-0.1, -0.05) is 6.58 Å². The number of hydrogen-bond acceptors (Lipinski definition) is 11. The monoisotopic (exact) mass is 480 g/mol. The molecular formula is C23H28O11. The molecular weight excluding hydrogens is 452 g/mol. The van der Waals surface area contributed by atoms with Gasteiger partial charge in [-0.25, -0.2) is 14.4 Å². The number of epoxide rings is 1. The molecule has 2 N–H and O–H groups in total. The number of hydrogen-bond donors (Lipinski definition) is 2. The number of carbonyl (C=O) groups is 4. The van der Waals surface area contributed by atoms with Crippen LogP contribution < -0.4 is 0 Å². The van der Waals surface area contributed by atoms with Gasteiger partial charge in [0.1, 0.15) is 36.6 Å². The first-order chi connectivity index (χ1) is 15.8. The predicted octanol–water partition coefficient (Wildman–Crippen LogP) is -0.114. The molecule has 2 heterocycles.